The molecule has 0 unspecified atom stereocenters. The van der Waals surface area contributed by atoms with Crippen LogP contribution in [0.1, 0.15) is 11.4 Å². The van der Waals surface area contributed by atoms with Gasteiger partial charge >= 0.3 is 0 Å². The Morgan fingerprint density at radius 2 is 1.95 bits per heavy atom. The minimum absolute atomic E-state index is 0.241. The Hall–Kier alpha value is -2.20. The highest BCUT2D eigenvalue weighted by atomic mass is 35.5. The summed E-state index contributed by atoms with van der Waals surface area (Å²) < 4.78 is 7.51. The van der Waals surface area contributed by atoms with Crippen LogP contribution in [0.2, 0.25) is 5.02 Å². The second kappa shape index (κ2) is 5.30. The van der Waals surface area contributed by atoms with Gasteiger partial charge in [0.25, 0.3) is 0 Å². The Balaban J connectivity index is 1.85. The van der Waals surface area contributed by atoms with Crippen molar-refractivity contribution in [3.05, 3.63) is 52.8 Å². The number of aromatic nitrogens is 2. The number of nitrogens with zero attached hydrogens (tertiary/aromatic N) is 2. The summed E-state index contributed by atoms with van der Waals surface area (Å²) in [5, 5.41) is 16.4. The van der Waals surface area contributed by atoms with E-state index in [9.17, 15) is 5.11 Å². The van der Waals surface area contributed by atoms with Gasteiger partial charge in [-0.05, 0) is 42.0 Å². The van der Waals surface area contributed by atoms with Gasteiger partial charge in [0.1, 0.15) is 18.1 Å². The van der Waals surface area contributed by atoms with Gasteiger partial charge < -0.3 is 9.84 Å². The summed E-state index contributed by atoms with van der Waals surface area (Å²) in [6.45, 7) is 2.21. The summed E-state index contributed by atoms with van der Waals surface area (Å²) in [6.07, 6.45) is 0. The lowest BCUT2D eigenvalue weighted by Gasteiger charge is -2.08. The van der Waals surface area contributed by atoms with Gasteiger partial charge in [-0.3, -0.25) is 4.68 Å². The first kappa shape index (κ1) is 13.8. The lowest BCUT2D eigenvalue weighted by molar-refractivity contribution is 0.295. The molecule has 0 bridgehead atoms. The smallest absolute Gasteiger partial charge is 0.131 e. The Kier molecular flexibility index (Phi) is 3.47. The van der Waals surface area contributed by atoms with Gasteiger partial charge in [0.15, 0.2) is 0 Å². The number of ether oxygens (including phenoxy) is 1. The fraction of sp³-hybridized carbons (Fsp3) is 0.188. The van der Waals surface area contributed by atoms with E-state index in [4.69, 9.17) is 16.3 Å². The molecule has 0 amide bonds. The van der Waals surface area contributed by atoms with E-state index in [-0.39, 0.29) is 5.75 Å². The van der Waals surface area contributed by atoms with E-state index in [0.29, 0.717) is 11.6 Å². The minimum atomic E-state index is 0.241. The standard InChI is InChI=1S/C16H15ClN2O2/c1-10-16(17)15(19(2)18-10)9-21-14-6-4-11-3-5-13(20)7-12(11)8-14/h3-8,20H,9H2,1-2H3. The molecule has 4 nitrogen and oxygen atoms in total. The predicted octanol–water partition coefficient (Wildman–Crippen LogP) is 3.82. The summed E-state index contributed by atoms with van der Waals surface area (Å²) in [5.74, 6) is 0.966. The second-order valence-electron chi connectivity index (χ2n) is 4.95. The molecule has 1 aromatic heterocycles. The number of hydrogen-bond donors (Lipinski definition) is 1. The molecular formula is C16H15ClN2O2. The van der Waals surface area contributed by atoms with Gasteiger partial charge in [-0.1, -0.05) is 23.7 Å². The Morgan fingerprint density at radius 1 is 1.19 bits per heavy atom. The molecule has 0 fully saturated rings. The van der Waals surface area contributed by atoms with Gasteiger partial charge in [-0.25, -0.2) is 0 Å². The van der Waals surface area contributed by atoms with Gasteiger partial charge in [-0.2, -0.15) is 5.10 Å². The molecular weight excluding hydrogens is 288 g/mol. The molecule has 3 aromatic rings. The maximum Gasteiger partial charge on any atom is 0.131 e. The van der Waals surface area contributed by atoms with Crippen LogP contribution in [0.5, 0.6) is 11.5 Å². The maximum absolute atomic E-state index is 9.53. The van der Waals surface area contributed by atoms with Crippen molar-refractivity contribution in [1.29, 1.82) is 0 Å². The van der Waals surface area contributed by atoms with Crippen molar-refractivity contribution in [1.82, 2.24) is 9.78 Å². The molecule has 0 spiro atoms. The molecule has 108 valence electrons. The molecule has 0 radical (unpaired) electrons. The van der Waals surface area contributed by atoms with Crippen molar-refractivity contribution in [2.75, 3.05) is 0 Å². The summed E-state index contributed by atoms with van der Waals surface area (Å²) >= 11 is 6.20. The van der Waals surface area contributed by atoms with Gasteiger partial charge in [0.05, 0.1) is 16.4 Å². The van der Waals surface area contributed by atoms with E-state index in [2.05, 4.69) is 5.10 Å². The van der Waals surface area contributed by atoms with Crippen LogP contribution in [0.15, 0.2) is 36.4 Å². The SMILES string of the molecule is Cc1nn(C)c(COc2ccc3ccc(O)cc3c2)c1Cl. The highest BCUT2D eigenvalue weighted by Gasteiger charge is 2.11. The molecule has 0 aliphatic heterocycles. The van der Waals surface area contributed by atoms with Crippen LogP contribution < -0.4 is 4.74 Å². The van der Waals surface area contributed by atoms with E-state index in [0.717, 1.165) is 27.9 Å². The number of phenolic OH excluding ortho intramolecular Hbond substituents is 1. The number of benzene rings is 2. The van der Waals surface area contributed by atoms with E-state index in [1.807, 2.05) is 38.2 Å². The van der Waals surface area contributed by atoms with Crippen molar-refractivity contribution >= 4 is 22.4 Å². The van der Waals surface area contributed by atoms with Crippen LogP contribution >= 0.6 is 11.6 Å². The van der Waals surface area contributed by atoms with Gasteiger partial charge in [0.2, 0.25) is 0 Å². The zero-order valence-corrected chi connectivity index (χ0v) is 12.6. The van der Waals surface area contributed by atoms with E-state index < -0.39 is 0 Å². The fourth-order valence-electron chi connectivity index (χ4n) is 2.29. The largest absolute Gasteiger partial charge is 0.508 e. The lowest BCUT2D eigenvalue weighted by Crippen LogP contribution is -2.03. The summed E-state index contributed by atoms with van der Waals surface area (Å²) in [7, 11) is 1.84. The third kappa shape index (κ3) is 2.67. The highest BCUT2D eigenvalue weighted by molar-refractivity contribution is 6.31. The average molecular weight is 303 g/mol. The van der Waals surface area contributed by atoms with Crippen LogP contribution in [-0.4, -0.2) is 14.9 Å². The Morgan fingerprint density at radius 3 is 2.67 bits per heavy atom. The van der Waals surface area contributed by atoms with Crippen molar-refractivity contribution in [2.45, 2.75) is 13.5 Å². The summed E-state index contributed by atoms with van der Waals surface area (Å²) in [4.78, 5) is 0. The summed E-state index contributed by atoms with van der Waals surface area (Å²) in [5.41, 5.74) is 1.63. The fourth-order valence-corrected chi connectivity index (χ4v) is 2.51. The number of fused-ring (bicyclic) bond motifs is 1. The average Bonchev–Trinajstić information content (AvgIpc) is 2.69. The molecule has 0 aliphatic rings. The molecule has 2 aromatic carbocycles. The Bertz CT molecular complexity index is 811. The first-order valence-corrected chi connectivity index (χ1v) is 6.96. The van der Waals surface area contributed by atoms with Gasteiger partial charge in [0, 0.05) is 7.05 Å². The molecule has 1 heterocycles. The van der Waals surface area contributed by atoms with Crippen LogP contribution in [0.4, 0.5) is 0 Å². The van der Waals surface area contributed by atoms with Crippen molar-refractivity contribution < 1.29 is 9.84 Å². The van der Waals surface area contributed by atoms with Crippen LogP contribution in [-0.2, 0) is 13.7 Å². The molecule has 0 atom stereocenters. The van der Waals surface area contributed by atoms with Crippen molar-refractivity contribution in [2.24, 2.45) is 7.05 Å². The number of aromatic hydroxyl groups is 1. The molecule has 0 saturated heterocycles. The van der Waals surface area contributed by atoms with Crippen LogP contribution in [0, 0.1) is 6.92 Å². The number of halogens is 1. The molecule has 0 aliphatic carbocycles. The van der Waals surface area contributed by atoms with Crippen LogP contribution in [0.3, 0.4) is 0 Å². The number of phenols is 1. The van der Waals surface area contributed by atoms with Crippen molar-refractivity contribution in [3.8, 4) is 11.5 Å². The number of hydrogen-bond acceptors (Lipinski definition) is 3. The number of aryl methyl sites for hydroxylation is 2. The minimum Gasteiger partial charge on any atom is -0.508 e. The third-order valence-corrected chi connectivity index (χ3v) is 3.92. The Labute approximate surface area is 127 Å². The quantitative estimate of drug-likeness (QED) is 0.800. The molecule has 3 rings (SSSR count). The molecule has 1 N–H and O–H groups in total. The second-order valence-corrected chi connectivity index (χ2v) is 5.33. The maximum atomic E-state index is 9.53. The molecule has 21 heavy (non-hydrogen) atoms. The van der Waals surface area contributed by atoms with Crippen molar-refractivity contribution in [3.63, 3.8) is 0 Å². The zero-order chi connectivity index (χ0) is 15.0. The number of rotatable bonds is 3. The molecule has 5 heteroatoms. The molecule has 0 saturated carbocycles. The third-order valence-electron chi connectivity index (χ3n) is 3.43. The lowest BCUT2D eigenvalue weighted by atomic mass is 10.1. The van der Waals surface area contributed by atoms with E-state index in [1.54, 1.807) is 16.8 Å². The predicted molar refractivity (Wildman–Crippen MR) is 82.9 cm³/mol. The van der Waals surface area contributed by atoms with E-state index >= 15 is 0 Å². The first-order valence-electron chi connectivity index (χ1n) is 6.58. The summed E-state index contributed by atoms with van der Waals surface area (Å²) in [6, 6.07) is 11.0. The van der Waals surface area contributed by atoms with Gasteiger partial charge in [-0.15, -0.1) is 0 Å². The zero-order valence-electron chi connectivity index (χ0n) is 11.8. The first-order chi connectivity index (χ1) is 10.0. The van der Waals surface area contributed by atoms with Crippen LogP contribution in [0.25, 0.3) is 10.8 Å². The van der Waals surface area contributed by atoms with E-state index in [1.165, 1.54) is 0 Å². The monoisotopic (exact) mass is 302 g/mol. The highest BCUT2D eigenvalue weighted by Crippen LogP contribution is 2.26. The topological polar surface area (TPSA) is 47.3 Å². The normalized spacial score (nSPS) is 11.0.